The molecule has 1 fully saturated rings. The molecule has 1 aliphatic rings. The van der Waals surface area contributed by atoms with E-state index in [1.165, 1.54) is 5.56 Å². The fraction of sp³-hybridized carbons (Fsp3) is 0.550. The lowest BCUT2D eigenvalue weighted by molar-refractivity contribution is 0.124. The Balaban J connectivity index is 1.69. The van der Waals surface area contributed by atoms with Crippen LogP contribution in [0.2, 0.25) is 0 Å². The standard InChI is InChI=1S/C20H28N2O3/c1-15-11-18-17(13-20(24)25-19(18)12-16(15)2)14-22-8-6-21(7-9-22)5-3-4-10-23/h11-13,23H,3-10,14H2,1-2H3. The van der Waals surface area contributed by atoms with Gasteiger partial charge in [-0.15, -0.1) is 0 Å². The molecule has 0 bridgehead atoms. The maximum atomic E-state index is 11.9. The van der Waals surface area contributed by atoms with Crippen molar-refractivity contribution < 1.29 is 9.52 Å². The summed E-state index contributed by atoms with van der Waals surface area (Å²) >= 11 is 0. The second-order valence-corrected chi connectivity index (χ2v) is 7.07. The minimum absolute atomic E-state index is 0.270. The van der Waals surface area contributed by atoms with E-state index in [9.17, 15) is 4.79 Å². The highest BCUT2D eigenvalue weighted by Crippen LogP contribution is 2.23. The third-order valence-corrected chi connectivity index (χ3v) is 5.19. The van der Waals surface area contributed by atoms with Crippen LogP contribution in [0.5, 0.6) is 0 Å². The first-order valence-electron chi connectivity index (χ1n) is 9.16. The van der Waals surface area contributed by atoms with E-state index >= 15 is 0 Å². The molecule has 0 amide bonds. The minimum atomic E-state index is -0.270. The summed E-state index contributed by atoms with van der Waals surface area (Å²) in [5.74, 6) is 0. The van der Waals surface area contributed by atoms with E-state index < -0.39 is 0 Å². The number of rotatable bonds is 6. The molecule has 0 atom stereocenters. The van der Waals surface area contributed by atoms with E-state index in [0.29, 0.717) is 5.58 Å². The molecule has 5 nitrogen and oxygen atoms in total. The molecule has 1 N–H and O–H groups in total. The predicted octanol–water partition coefficient (Wildman–Crippen LogP) is 2.30. The van der Waals surface area contributed by atoms with Gasteiger partial charge in [-0.25, -0.2) is 4.79 Å². The Morgan fingerprint density at radius 2 is 1.68 bits per heavy atom. The third kappa shape index (κ3) is 4.48. The van der Waals surface area contributed by atoms with Crippen LogP contribution in [0.15, 0.2) is 27.4 Å². The van der Waals surface area contributed by atoms with Crippen LogP contribution in [0, 0.1) is 13.8 Å². The summed E-state index contributed by atoms with van der Waals surface area (Å²) in [6.45, 7) is 10.4. The molecule has 0 spiro atoms. The molecule has 1 aromatic carbocycles. The summed E-state index contributed by atoms with van der Waals surface area (Å²) < 4.78 is 5.40. The van der Waals surface area contributed by atoms with Crippen molar-refractivity contribution in [3.05, 3.63) is 45.3 Å². The summed E-state index contributed by atoms with van der Waals surface area (Å²) in [7, 11) is 0. The highest BCUT2D eigenvalue weighted by molar-refractivity contribution is 5.81. The van der Waals surface area contributed by atoms with Crippen molar-refractivity contribution in [2.45, 2.75) is 33.2 Å². The molecule has 0 saturated carbocycles. The smallest absolute Gasteiger partial charge is 0.336 e. The number of piperazine rings is 1. The van der Waals surface area contributed by atoms with Crippen LogP contribution < -0.4 is 5.63 Å². The van der Waals surface area contributed by atoms with Crippen molar-refractivity contribution in [2.24, 2.45) is 0 Å². The molecule has 1 aromatic heterocycles. The van der Waals surface area contributed by atoms with Crippen LogP contribution in [-0.2, 0) is 6.54 Å². The zero-order chi connectivity index (χ0) is 17.8. The lowest BCUT2D eigenvalue weighted by atomic mass is 10.0. The Labute approximate surface area is 148 Å². The lowest BCUT2D eigenvalue weighted by Gasteiger charge is -2.34. The van der Waals surface area contributed by atoms with Crippen molar-refractivity contribution in [2.75, 3.05) is 39.3 Å². The van der Waals surface area contributed by atoms with Gasteiger partial charge in [-0.1, -0.05) is 0 Å². The van der Waals surface area contributed by atoms with E-state index in [-0.39, 0.29) is 12.2 Å². The van der Waals surface area contributed by atoms with Crippen LogP contribution in [-0.4, -0.2) is 54.2 Å². The highest BCUT2D eigenvalue weighted by Gasteiger charge is 2.18. The van der Waals surface area contributed by atoms with Gasteiger partial charge in [0.05, 0.1) is 0 Å². The van der Waals surface area contributed by atoms with Crippen LogP contribution in [0.25, 0.3) is 11.0 Å². The minimum Gasteiger partial charge on any atom is -0.423 e. The van der Waals surface area contributed by atoms with Gasteiger partial charge >= 0.3 is 5.63 Å². The molecule has 25 heavy (non-hydrogen) atoms. The Morgan fingerprint density at radius 1 is 1.00 bits per heavy atom. The summed E-state index contributed by atoms with van der Waals surface area (Å²) in [6, 6.07) is 5.74. The van der Waals surface area contributed by atoms with E-state index in [1.54, 1.807) is 6.07 Å². The molecule has 0 radical (unpaired) electrons. The van der Waals surface area contributed by atoms with Gasteiger partial charge in [0.2, 0.25) is 0 Å². The highest BCUT2D eigenvalue weighted by atomic mass is 16.4. The topological polar surface area (TPSA) is 56.9 Å². The fourth-order valence-electron chi connectivity index (χ4n) is 3.47. The first-order chi connectivity index (χ1) is 12.1. The maximum Gasteiger partial charge on any atom is 0.336 e. The molecule has 0 aliphatic carbocycles. The molecule has 1 aliphatic heterocycles. The van der Waals surface area contributed by atoms with Gasteiger partial charge < -0.3 is 14.4 Å². The molecule has 0 unspecified atom stereocenters. The van der Waals surface area contributed by atoms with Gasteiger partial charge in [-0.05, 0) is 62.1 Å². The molecule has 3 rings (SSSR count). The first kappa shape index (κ1) is 18.1. The van der Waals surface area contributed by atoms with Crippen LogP contribution in [0.1, 0.15) is 29.5 Å². The van der Waals surface area contributed by atoms with Crippen LogP contribution >= 0.6 is 0 Å². The second-order valence-electron chi connectivity index (χ2n) is 7.07. The lowest BCUT2D eigenvalue weighted by Crippen LogP contribution is -2.46. The van der Waals surface area contributed by atoms with Crippen molar-refractivity contribution >= 4 is 11.0 Å². The number of nitrogens with zero attached hydrogens (tertiary/aromatic N) is 2. The molecule has 136 valence electrons. The Morgan fingerprint density at radius 3 is 2.40 bits per heavy atom. The summed E-state index contributed by atoms with van der Waals surface area (Å²) in [4.78, 5) is 16.8. The molecule has 5 heteroatoms. The molecular formula is C20H28N2O3. The Hall–Kier alpha value is -1.69. The maximum absolute atomic E-state index is 11.9. The molecule has 2 aromatic rings. The fourth-order valence-corrected chi connectivity index (χ4v) is 3.47. The Bertz CT molecular complexity index is 776. The van der Waals surface area contributed by atoms with Gasteiger partial charge in [0.15, 0.2) is 0 Å². The number of hydrogen-bond donors (Lipinski definition) is 1. The monoisotopic (exact) mass is 344 g/mol. The van der Waals surface area contributed by atoms with Crippen molar-refractivity contribution in [1.29, 1.82) is 0 Å². The average molecular weight is 344 g/mol. The number of aliphatic hydroxyl groups excluding tert-OH is 1. The van der Waals surface area contributed by atoms with E-state index in [2.05, 4.69) is 22.8 Å². The summed E-state index contributed by atoms with van der Waals surface area (Å²) in [5, 5.41) is 9.94. The number of aryl methyl sites for hydroxylation is 2. The zero-order valence-electron chi connectivity index (χ0n) is 15.3. The van der Waals surface area contributed by atoms with Gasteiger partial charge in [-0.3, -0.25) is 4.90 Å². The Kier molecular flexibility index (Phi) is 5.89. The van der Waals surface area contributed by atoms with Gasteiger partial charge in [0.1, 0.15) is 5.58 Å². The van der Waals surface area contributed by atoms with Crippen molar-refractivity contribution in [1.82, 2.24) is 9.80 Å². The quantitative estimate of drug-likeness (QED) is 0.644. The van der Waals surface area contributed by atoms with Crippen molar-refractivity contribution in [3.63, 3.8) is 0 Å². The van der Waals surface area contributed by atoms with Gasteiger partial charge in [-0.2, -0.15) is 0 Å². The SMILES string of the molecule is Cc1cc2oc(=O)cc(CN3CCN(CCCCO)CC3)c2cc1C. The van der Waals surface area contributed by atoms with E-state index in [4.69, 9.17) is 9.52 Å². The molecular weight excluding hydrogens is 316 g/mol. The summed E-state index contributed by atoms with van der Waals surface area (Å²) in [5.41, 5.74) is 3.84. The van der Waals surface area contributed by atoms with Gasteiger partial charge in [0.25, 0.3) is 0 Å². The number of hydrogen-bond acceptors (Lipinski definition) is 5. The number of unbranched alkanes of at least 4 members (excludes halogenated alkanes) is 1. The number of fused-ring (bicyclic) bond motifs is 1. The zero-order valence-corrected chi connectivity index (χ0v) is 15.3. The second kappa shape index (κ2) is 8.13. The first-order valence-corrected chi connectivity index (χ1v) is 9.16. The van der Waals surface area contributed by atoms with Crippen LogP contribution in [0.3, 0.4) is 0 Å². The number of aliphatic hydroxyl groups is 1. The number of benzene rings is 1. The van der Waals surface area contributed by atoms with Crippen LogP contribution in [0.4, 0.5) is 0 Å². The van der Waals surface area contributed by atoms with Gasteiger partial charge in [0, 0.05) is 50.8 Å². The third-order valence-electron chi connectivity index (χ3n) is 5.19. The van der Waals surface area contributed by atoms with E-state index in [0.717, 1.165) is 68.6 Å². The summed E-state index contributed by atoms with van der Waals surface area (Å²) in [6.07, 6.45) is 1.93. The largest absolute Gasteiger partial charge is 0.423 e. The van der Waals surface area contributed by atoms with E-state index in [1.807, 2.05) is 13.0 Å². The normalized spacial score (nSPS) is 16.6. The molecule has 2 heterocycles. The average Bonchev–Trinajstić information content (AvgIpc) is 2.58. The van der Waals surface area contributed by atoms with Crippen molar-refractivity contribution in [3.8, 4) is 0 Å². The molecule has 1 saturated heterocycles. The predicted molar refractivity (Wildman–Crippen MR) is 100.0 cm³/mol.